The lowest BCUT2D eigenvalue weighted by atomic mass is 10.2. The van der Waals surface area contributed by atoms with Crippen LogP contribution in [0.2, 0.25) is 0 Å². The molecule has 1 heterocycles. The van der Waals surface area contributed by atoms with Crippen LogP contribution in [-0.2, 0) is 9.84 Å². The average Bonchev–Trinajstić information content (AvgIpc) is 2.55. The minimum Gasteiger partial charge on any atom is -0.307 e. The second kappa shape index (κ2) is 5.75. The molecule has 0 aliphatic carbocycles. The third kappa shape index (κ3) is 5.11. The topological polar surface area (TPSA) is 49.4 Å². The van der Waals surface area contributed by atoms with Gasteiger partial charge in [-0.05, 0) is 20.4 Å². The van der Waals surface area contributed by atoms with Crippen LogP contribution in [0.4, 0.5) is 13.2 Å². The number of hydrogen-bond acceptors (Lipinski definition) is 4. The van der Waals surface area contributed by atoms with Gasteiger partial charge in [0.25, 0.3) is 0 Å². The Morgan fingerprint density at radius 1 is 1.44 bits per heavy atom. The monoisotopic (exact) mass is 288 g/mol. The van der Waals surface area contributed by atoms with Crippen molar-refractivity contribution in [2.24, 2.45) is 0 Å². The molecular weight excluding hydrogens is 269 g/mol. The molecule has 1 saturated heterocycles. The van der Waals surface area contributed by atoms with Gasteiger partial charge in [-0.15, -0.1) is 0 Å². The highest BCUT2D eigenvalue weighted by atomic mass is 32.2. The molecule has 0 aromatic heterocycles. The standard InChI is InChI=1S/C10H19F3N2O2S/c1-8(5-14-7-10(11,12)13)15(2)9-3-4-18(16,17)6-9/h8-9,14H,3-7H2,1-2H3. The van der Waals surface area contributed by atoms with Crippen molar-refractivity contribution in [2.45, 2.75) is 31.6 Å². The van der Waals surface area contributed by atoms with E-state index in [1.54, 1.807) is 14.0 Å². The molecule has 8 heteroatoms. The van der Waals surface area contributed by atoms with Crippen LogP contribution in [0.3, 0.4) is 0 Å². The van der Waals surface area contributed by atoms with Crippen LogP contribution in [0.25, 0.3) is 0 Å². The molecule has 2 unspecified atom stereocenters. The summed E-state index contributed by atoms with van der Waals surface area (Å²) >= 11 is 0. The van der Waals surface area contributed by atoms with Gasteiger partial charge in [0.1, 0.15) is 0 Å². The van der Waals surface area contributed by atoms with Gasteiger partial charge in [0.05, 0.1) is 18.1 Å². The quantitative estimate of drug-likeness (QED) is 0.807. The Kier molecular flexibility index (Phi) is 5.02. The molecular formula is C10H19F3N2O2S. The number of halogens is 3. The predicted molar refractivity (Wildman–Crippen MR) is 63.2 cm³/mol. The van der Waals surface area contributed by atoms with Gasteiger partial charge in [-0.25, -0.2) is 8.42 Å². The molecule has 1 aliphatic rings. The molecule has 2 atom stereocenters. The Balaban J connectivity index is 2.36. The Bertz CT molecular complexity index is 370. The lowest BCUT2D eigenvalue weighted by molar-refractivity contribution is -0.125. The Hall–Kier alpha value is -0.340. The average molecular weight is 288 g/mol. The van der Waals surface area contributed by atoms with E-state index in [1.165, 1.54) is 0 Å². The highest BCUT2D eigenvalue weighted by Crippen LogP contribution is 2.18. The Morgan fingerprint density at radius 2 is 2.06 bits per heavy atom. The fourth-order valence-electron chi connectivity index (χ4n) is 2.02. The van der Waals surface area contributed by atoms with Crippen LogP contribution in [0, 0.1) is 0 Å². The van der Waals surface area contributed by atoms with Crippen molar-refractivity contribution in [2.75, 3.05) is 31.6 Å². The lowest BCUT2D eigenvalue weighted by Gasteiger charge is -2.30. The van der Waals surface area contributed by atoms with E-state index in [-0.39, 0.29) is 30.1 Å². The number of sulfone groups is 1. The van der Waals surface area contributed by atoms with Gasteiger partial charge in [-0.2, -0.15) is 13.2 Å². The molecule has 18 heavy (non-hydrogen) atoms. The number of rotatable bonds is 5. The Morgan fingerprint density at radius 3 is 2.50 bits per heavy atom. The molecule has 0 radical (unpaired) electrons. The predicted octanol–water partition coefficient (Wildman–Crippen LogP) is 0.646. The van der Waals surface area contributed by atoms with Crippen molar-refractivity contribution >= 4 is 9.84 Å². The second-order valence-corrected chi connectivity index (χ2v) is 7.05. The zero-order chi connectivity index (χ0) is 14.0. The van der Waals surface area contributed by atoms with Crippen molar-refractivity contribution < 1.29 is 21.6 Å². The van der Waals surface area contributed by atoms with E-state index >= 15 is 0 Å². The minimum absolute atomic E-state index is 0.0855. The molecule has 1 rings (SSSR count). The first kappa shape index (κ1) is 15.7. The summed E-state index contributed by atoms with van der Waals surface area (Å²) in [4.78, 5) is 1.84. The highest BCUT2D eigenvalue weighted by Gasteiger charge is 2.32. The van der Waals surface area contributed by atoms with Gasteiger partial charge >= 0.3 is 6.18 Å². The number of alkyl halides is 3. The third-order valence-electron chi connectivity index (χ3n) is 3.24. The fourth-order valence-corrected chi connectivity index (χ4v) is 3.81. The molecule has 108 valence electrons. The van der Waals surface area contributed by atoms with E-state index in [1.807, 2.05) is 4.90 Å². The molecule has 0 aromatic carbocycles. The zero-order valence-electron chi connectivity index (χ0n) is 10.5. The maximum atomic E-state index is 12.0. The smallest absolute Gasteiger partial charge is 0.307 e. The van der Waals surface area contributed by atoms with Crippen molar-refractivity contribution in [3.05, 3.63) is 0 Å². The van der Waals surface area contributed by atoms with Crippen molar-refractivity contribution in [3.63, 3.8) is 0 Å². The third-order valence-corrected chi connectivity index (χ3v) is 5.00. The van der Waals surface area contributed by atoms with Gasteiger partial charge in [0.15, 0.2) is 9.84 Å². The highest BCUT2D eigenvalue weighted by molar-refractivity contribution is 7.91. The van der Waals surface area contributed by atoms with Crippen molar-refractivity contribution in [1.29, 1.82) is 0 Å². The minimum atomic E-state index is -4.21. The van der Waals surface area contributed by atoms with E-state index in [9.17, 15) is 21.6 Å². The SMILES string of the molecule is CC(CNCC(F)(F)F)N(C)C1CCS(=O)(=O)C1. The molecule has 1 aliphatic heterocycles. The van der Waals surface area contributed by atoms with E-state index in [0.29, 0.717) is 6.42 Å². The second-order valence-electron chi connectivity index (χ2n) is 4.82. The Labute approximate surface area is 105 Å². The normalized spacial score (nSPS) is 25.6. The summed E-state index contributed by atoms with van der Waals surface area (Å²) < 4.78 is 58.5. The first-order chi connectivity index (χ1) is 8.11. The molecule has 1 N–H and O–H groups in total. The van der Waals surface area contributed by atoms with E-state index in [4.69, 9.17) is 0 Å². The number of hydrogen-bond donors (Lipinski definition) is 1. The van der Waals surface area contributed by atoms with E-state index < -0.39 is 22.6 Å². The van der Waals surface area contributed by atoms with Gasteiger partial charge in [0, 0.05) is 18.6 Å². The molecule has 0 spiro atoms. The molecule has 0 amide bonds. The van der Waals surface area contributed by atoms with E-state index in [0.717, 1.165) is 0 Å². The summed E-state index contributed by atoms with van der Waals surface area (Å²) in [6.07, 6.45) is -3.66. The zero-order valence-corrected chi connectivity index (χ0v) is 11.3. The maximum Gasteiger partial charge on any atom is 0.401 e. The van der Waals surface area contributed by atoms with Crippen LogP contribution >= 0.6 is 0 Å². The summed E-state index contributed by atoms with van der Waals surface area (Å²) in [6, 6.07) is -0.219. The molecule has 1 fully saturated rings. The lowest BCUT2D eigenvalue weighted by Crippen LogP contribution is -2.45. The molecule has 0 bridgehead atoms. The molecule has 4 nitrogen and oxygen atoms in total. The maximum absolute atomic E-state index is 12.0. The van der Waals surface area contributed by atoms with Gasteiger partial charge in [-0.3, -0.25) is 4.90 Å². The largest absolute Gasteiger partial charge is 0.401 e. The van der Waals surface area contributed by atoms with Gasteiger partial charge < -0.3 is 5.32 Å². The van der Waals surface area contributed by atoms with Crippen molar-refractivity contribution in [1.82, 2.24) is 10.2 Å². The van der Waals surface area contributed by atoms with Gasteiger partial charge in [0.2, 0.25) is 0 Å². The number of nitrogens with one attached hydrogen (secondary N) is 1. The number of likely N-dealkylation sites (N-methyl/N-ethyl adjacent to an activating group) is 1. The first-order valence-corrected chi connectivity index (χ1v) is 7.63. The van der Waals surface area contributed by atoms with Crippen LogP contribution in [0.1, 0.15) is 13.3 Å². The first-order valence-electron chi connectivity index (χ1n) is 5.80. The van der Waals surface area contributed by atoms with Crippen LogP contribution in [0.15, 0.2) is 0 Å². The van der Waals surface area contributed by atoms with Crippen LogP contribution in [0.5, 0.6) is 0 Å². The van der Waals surface area contributed by atoms with E-state index in [2.05, 4.69) is 5.32 Å². The van der Waals surface area contributed by atoms with Crippen LogP contribution in [-0.4, -0.2) is 63.2 Å². The van der Waals surface area contributed by atoms with Gasteiger partial charge in [-0.1, -0.05) is 0 Å². The summed E-state index contributed by atoms with van der Waals surface area (Å²) in [5.74, 6) is 0.276. The van der Waals surface area contributed by atoms with Crippen LogP contribution < -0.4 is 5.32 Å². The fraction of sp³-hybridized carbons (Fsp3) is 1.00. The summed E-state index contributed by atoms with van der Waals surface area (Å²) in [5.41, 5.74) is 0. The summed E-state index contributed by atoms with van der Waals surface area (Å²) in [6.45, 7) is 0.953. The molecule has 0 aromatic rings. The number of nitrogens with zero attached hydrogens (tertiary/aromatic N) is 1. The van der Waals surface area contributed by atoms with Crippen molar-refractivity contribution in [3.8, 4) is 0 Å². The molecule has 0 saturated carbocycles. The summed E-state index contributed by atoms with van der Waals surface area (Å²) in [7, 11) is -1.20. The summed E-state index contributed by atoms with van der Waals surface area (Å²) in [5, 5.41) is 2.33.